The van der Waals surface area contributed by atoms with Crippen molar-refractivity contribution in [3.63, 3.8) is 0 Å². The van der Waals surface area contributed by atoms with E-state index >= 15 is 0 Å². The van der Waals surface area contributed by atoms with Crippen molar-refractivity contribution in [3.8, 4) is 0 Å². The highest BCUT2D eigenvalue weighted by atomic mass is 79.9. The van der Waals surface area contributed by atoms with Gasteiger partial charge in [0.05, 0.1) is 6.54 Å². The van der Waals surface area contributed by atoms with Crippen LogP contribution in [0.2, 0.25) is 0 Å². The van der Waals surface area contributed by atoms with Gasteiger partial charge in [-0.1, -0.05) is 15.9 Å². The van der Waals surface area contributed by atoms with Gasteiger partial charge in [0.1, 0.15) is 17.2 Å². The fourth-order valence-electron chi connectivity index (χ4n) is 1.77. The maximum Gasteiger partial charge on any atom is 0.260 e. The van der Waals surface area contributed by atoms with Gasteiger partial charge in [0, 0.05) is 17.1 Å². The summed E-state index contributed by atoms with van der Waals surface area (Å²) in [6, 6.07) is 1.95. The minimum atomic E-state index is -0.963. The largest absolute Gasteiger partial charge is 0.352 e. The molecule has 7 heteroatoms. The lowest BCUT2D eigenvalue weighted by molar-refractivity contribution is -0.122. The molecular weight excluding hydrogens is 346 g/mol. The number of hydrogen-bond donors (Lipinski definition) is 1. The maximum absolute atomic E-state index is 13.8. The molecule has 21 heavy (non-hydrogen) atoms. The van der Waals surface area contributed by atoms with E-state index in [0.29, 0.717) is 0 Å². The van der Waals surface area contributed by atoms with E-state index in [2.05, 4.69) is 21.2 Å². The minimum absolute atomic E-state index is 0.0764. The summed E-state index contributed by atoms with van der Waals surface area (Å²) in [4.78, 5) is 25.0. The van der Waals surface area contributed by atoms with Crippen molar-refractivity contribution < 1.29 is 18.4 Å². The number of benzene rings is 1. The molecule has 1 aromatic rings. The van der Waals surface area contributed by atoms with Crippen molar-refractivity contribution in [2.45, 2.75) is 26.8 Å². The van der Waals surface area contributed by atoms with Gasteiger partial charge >= 0.3 is 0 Å². The quantitative estimate of drug-likeness (QED) is 0.875. The van der Waals surface area contributed by atoms with E-state index < -0.39 is 23.1 Å². The monoisotopic (exact) mass is 362 g/mol. The van der Waals surface area contributed by atoms with Crippen molar-refractivity contribution >= 4 is 27.7 Å². The molecule has 1 N–H and O–H groups in total. The Labute approximate surface area is 130 Å². The van der Waals surface area contributed by atoms with Crippen LogP contribution in [-0.4, -0.2) is 35.8 Å². The van der Waals surface area contributed by atoms with Crippen LogP contribution in [-0.2, 0) is 4.79 Å². The van der Waals surface area contributed by atoms with Gasteiger partial charge in [-0.3, -0.25) is 9.59 Å². The first-order valence-electron chi connectivity index (χ1n) is 6.49. The normalized spacial score (nSPS) is 10.6. The highest BCUT2D eigenvalue weighted by Gasteiger charge is 2.24. The lowest BCUT2D eigenvalue weighted by Crippen LogP contribution is -2.43. The number of carbonyl (C=O) groups is 2. The van der Waals surface area contributed by atoms with Crippen molar-refractivity contribution in [1.29, 1.82) is 0 Å². The number of rotatable bonds is 5. The Morgan fingerprint density at radius 2 is 1.81 bits per heavy atom. The third-order valence-corrected chi connectivity index (χ3v) is 3.13. The van der Waals surface area contributed by atoms with Gasteiger partial charge in [0.2, 0.25) is 5.91 Å². The molecule has 0 aliphatic rings. The molecule has 2 amide bonds. The molecular formula is C14H17BrF2N2O2. The number of nitrogens with one attached hydrogen (secondary N) is 1. The summed E-state index contributed by atoms with van der Waals surface area (Å²) in [5, 5.41) is 2.62. The summed E-state index contributed by atoms with van der Waals surface area (Å²) >= 11 is 2.95. The zero-order valence-corrected chi connectivity index (χ0v) is 13.6. The number of carbonyl (C=O) groups excluding carboxylic acids is 2. The highest BCUT2D eigenvalue weighted by molar-refractivity contribution is 9.10. The second kappa shape index (κ2) is 7.49. The Balaban J connectivity index is 2.97. The molecule has 0 aliphatic carbocycles. The van der Waals surface area contributed by atoms with Crippen molar-refractivity contribution in [2.75, 3.05) is 13.1 Å². The summed E-state index contributed by atoms with van der Waals surface area (Å²) in [5.74, 6) is -3.15. The van der Waals surface area contributed by atoms with E-state index in [-0.39, 0.29) is 29.5 Å². The molecule has 1 aromatic carbocycles. The second-order valence-corrected chi connectivity index (χ2v) is 5.70. The summed E-state index contributed by atoms with van der Waals surface area (Å²) in [6.45, 7) is 5.12. The van der Waals surface area contributed by atoms with E-state index in [4.69, 9.17) is 0 Å². The first-order chi connectivity index (χ1) is 9.76. The molecule has 0 aromatic heterocycles. The number of likely N-dealkylation sites (N-methyl/N-ethyl adjacent to an activating group) is 1. The Bertz CT molecular complexity index is 527. The maximum atomic E-state index is 13.8. The van der Waals surface area contributed by atoms with Gasteiger partial charge in [-0.25, -0.2) is 8.78 Å². The van der Waals surface area contributed by atoms with E-state index in [1.165, 1.54) is 0 Å². The van der Waals surface area contributed by atoms with Gasteiger partial charge < -0.3 is 10.2 Å². The Morgan fingerprint density at radius 1 is 1.29 bits per heavy atom. The van der Waals surface area contributed by atoms with Crippen LogP contribution in [0.25, 0.3) is 0 Å². The molecule has 0 bridgehead atoms. The smallest absolute Gasteiger partial charge is 0.260 e. The topological polar surface area (TPSA) is 49.4 Å². The van der Waals surface area contributed by atoms with E-state index in [1.807, 2.05) is 0 Å². The first kappa shape index (κ1) is 17.6. The molecule has 0 radical (unpaired) electrons. The van der Waals surface area contributed by atoms with Gasteiger partial charge in [0.15, 0.2) is 0 Å². The number of halogens is 3. The Kier molecular flexibility index (Phi) is 6.26. The third-order valence-electron chi connectivity index (χ3n) is 2.67. The molecule has 0 saturated heterocycles. The lowest BCUT2D eigenvalue weighted by Gasteiger charge is -2.21. The summed E-state index contributed by atoms with van der Waals surface area (Å²) in [6.07, 6.45) is 0. The van der Waals surface area contributed by atoms with Crippen LogP contribution in [0.15, 0.2) is 16.6 Å². The molecule has 116 valence electrons. The van der Waals surface area contributed by atoms with Gasteiger partial charge in [0.25, 0.3) is 5.91 Å². The SMILES string of the molecule is CCN(CC(=O)NC(C)C)C(=O)c1c(F)cc(Br)cc1F. The average molecular weight is 363 g/mol. The molecule has 4 nitrogen and oxygen atoms in total. The molecule has 0 aliphatic heterocycles. The Morgan fingerprint density at radius 3 is 2.24 bits per heavy atom. The second-order valence-electron chi connectivity index (χ2n) is 4.79. The molecule has 1 rings (SSSR count). The van der Waals surface area contributed by atoms with Crippen LogP contribution >= 0.6 is 15.9 Å². The fraction of sp³-hybridized carbons (Fsp3) is 0.429. The standard InChI is InChI=1S/C14H17BrF2N2O2/c1-4-19(7-12(20)18-8(2)3)14(21)13-10(16)5-9(15)6-11(13)17/h5-6,8H,4,7H2,1-3H3,(H,18,20). The van der Waals surface area contributed by atoms with Crippen LogP contribution in [0.5, 0.6) is 0 Å². The van der Waals surface area contributed by atoms with E-state index in [0.717, 1.165) is 17.0 Å². The predicted molar refractivity (Wildman–Crippen MR) is 78.9 cm³/mol. The van der Waals surface area contributed by atoms with Crippen molar-refractivity contribution in [2.24, 2.45) is 0 Å². The Hall–Kier alpha value is -1.50. The zero-order valence-electron chi connectivity index (χ0n) is 12.0. The third kappa shape index (κ3) is 4.77. The summed E-state index contributed by atoms with van der Waals surface area (Å²) in [5.41, 5.74) is -0.655. The van der Waals surface area contributed by atoms with Crippen LogP contribution in [0.1, 0.15) is 31.1 Å². The molecule has 0 atom stereocenters. The van der Waals surface area contributed by atoms with E-state index in [1.54, 1.807) is 20.8 Å². The van der Waals surface area contributed by atoms with Gasteiger partial charge in [-0.2, -0.15) is 0 Å². The minimum Gasteiger partial charge on any atom is -0.352 e. The first-order valence-corrected chi connectivity index (χ1v) is 7.28. The molecule has 0 saturated carbocycles. The molecule has 0 unspecified atom stereocenters. The average Bonchev–Trinajstić information content (AvgIpc) is 2.33. The molecule has 0 heterocycles. The predicted octanol–water partition coefficient (Wildman–Crippen LogP) is 2.71. The number of nitrogens with zero attached hydrogens (tertiary/aromatic N) is 1. The number of amides is 2. The van der Waals surface area contributed by atoms with Gasteiger partial charge in [-0.15, -0.1) is 0 Å². The fourth-order valence-corrected chi connectivity index (χ4v) is 2.17. The van der Waals surface area contributed by atoms with Crippen LogP contribution in [0.3, 0.4) is 0 Å². The lowest BCUT2D eigenvalue weighted by atomic mass is 10.1. The van der Waals surface area contributed by atoms with Crippen LogP contribution in [0.4, 0.5) is 8.78 Å². The van der Waals surface area contributed by atoms with Crippen molar-refractivity contribution in [1.82, 2.24) is 10.2 Å². The van der Waals surface area contributed by atoms with Crippen LogP contribution < -0.4 is 5.32 Å². The van der Waals surface area contributed by atoms with Gasteiger partial charge in [-0.05, 0) is 32.9 Å². The van der Waals surface area contributed by atoms with Crippen LogP contribution in [0, 0.1) is 11.6 Å². The highest BCUT2D eigenvalue weighted by Crippen LogP contribution is 2.20. The number of hydrogen-bond acceptors (Lipinski definition) is 2. The molecule has 0 fully saturated rings. The zero-order chi connectivity index (χ0) is 16.2. The van der Waals surface area contributed by atoms with Crippen molar-refractivity contribution in [3.05, 3.63) is 33.8 Å². The summed E-state index contributed by atoms with van der Waals surface area (Å²) < 4.78 is 27.8. The summed E-state index contributed by atoms with van der Waals surface area (Å²) in [7, 11) is 0. The molecule has 0 spiro atoms. The van der Waals surface area contributed by atoms with E-state index in [9.17, 15) is 18.4 Å².